The number of rotatable bonds is 5. The van der Waals surface area contributed by atoms with Crippen molar-refractivity contribution in [2.45, 2.75) is 20.4 Å². The third kappa shape index (κ3) is 3.34. The summed E-state index contributed by atoms with van der Waals surface area (Å²) in [5, 5.41) is 3.17. The minimum atomic E-state index is -0.404. The molecule has 1 aromatic heterocycles. The summed E-state index contributed by atoms with van der Waals surface area (Å²) >= 11 is 0. The number of nitrogens with zero attached hydrogens (tertiary/aromatic N) is 1. The zero-order chi connectivity index (χ0) is 15.4. The number of carbonyl (C=O) groups is 1. The van der Waals surface area contributed by atoms with E-state index in [0.29, 0.717) is 23.7 Å². The Bertz CT molecular complexity index is 630. The average molecular weight is 290 g/mol. The zero-order valence-electron chi connectivity index (χ0n) is 12.5. The van der Waals surface area contributed by atoms with Gasteiger partial charge in [0.15, 0.2) is 0 Å². The summed E-state index contributed by atoms with van der Waals surface area (Å²) in [6, 6.07) is 5.05. The molecule has 0 aliphatic heterocycles. The Morgan fingerprint density at radius 1 is 1.33 bits per heavy atom. The molecule has 0 amide bonds. The van der Waals surface area contributed by atoms with Crippen molar-refractivity contribution in [3.63, 3.8) is 0 Å². The monoisotopic (exact) mass is 290 g/mol. The van der Waals surface area contributed by atoms with Crippen molar-refractivity contribution in [2.24, 2.45) is 0 Å². The first kappa shape index (κ1) is 14.9. The van der Waals surface area contributed by atoms with Gasteiger partial charge in [-0.3, -0.25) is 0 Å². The fourth-order valence-corrected chi connectivity index (χ4v) is 1.87. The Hall–Kier alpha value is -2.50. The van der Waals surface area contributed by atoms with Crippen LogP contribution in [-0.2, 0) is 11.3 Å². The van der Waals surface area contributed by atoms with Gasteiger partial charge in [-0.2, -0.15) is 0 Å². The Labute approximate surface area is 123 Å². The minimum Gasteiger partial charge on any atom is -0.495 e. The lowest BCUT2D eigenvalue weighted by Crippen LogP contribution is -2.05. The lowest BCUT2D eigenvalue weighted by atomic mass is 10.2. The normalized spacial score (nSPS) is 10.3. The maximum atomic E-state index is 11.5. The minimum absolute atomic E-state index is 0.404. The molecule has 112 valence electrons. The molecule has 0 fully saturated rings. The van der Waals surface area contributed by atoms with Gasteiger partial charge in [-0.1, -0.05) is 0 Å². The molecular weight excluding hydrogens is 272 g/mol. The van der Waals surface area contributed by atoms with Crippen molar-refractivity contribution in [1.29, 1.82) is 0 Å². The lowest BCUT2D eigenvalue weighted by molar-refractivity contribution is 0.0600. The van der Waals surface area contributed by atoms with Gasteiger partial charge in [-0.25, -0.2) is 9.78 Å². The summed E-state index contributed by atoms with van der Waals surface area (Å²) < 4.78 is 15.5. The molecule has 21 heavy (non-hydrogen) atoms. The number of hydrogen-bond acceptors (Lipinski definition) is 6. The summed E-state index contributed by atoms with van der Waals surface area (Å²) in [4.78, 5) is 15.8. The van der Waals surface area contributed by atoms with Gasteiger partial charge in [0.05, 0.1) is 37.7 Å². The third-order valence-corrected chi connectivity index (χ3v) is 3.13. The summed E-state index contributed by atoms with van der Waals surface area (Å²) in [7, 11) is 2.88. The number of methoxy groups -OCH3 is 2. The largest absolute Gasteiger partial charge is 0.495 e. The molecule has 0 saturated heterocycles. The Balaban J connectivity index is 2.14. The molecule has 0 radical (unpaired) electrons. The van der Waals surface area contributed by atoms with Crippen molar-refractivity contribution in [3.05, 3.63) is 41.1 Å². The number of benzene rings is 1. The molecule has 0 aliphatic carbocycles. The third-order valence-electron chi connectivity index (χ3n) is 3.13. The smallest absolute Gasteiger partial charge is 0.337 e. The molecule has 2 rings (SSSR count). The molecule has 6 nitrogen and oxygen atoms in total. The van der Waals surface area contributed by atoms with E-state index in [0.717, 1.165) is 17.1 Å². The highest BCUT2D eigenvalue weighted by Crippen LogP contribution is 2.26. The van der Waals surface area contributed by atoms with Crippen LogP contribution in [0.2, 0.25) is 0 Å². The van der Waals surface area contributed by atoms with E-state index < -0.39 is 5.97 Å². The van der Waals surface area contributed by atoms with Crippen LogP contribution in [-0.4, -0.2) is 25.2 Å². The number of oxazole rings is 1. The first-order valence-electron chi connectivity index (χ1n) is 6.48. The Morgan fingerprint density at radius 3 is 2.67 bits per heavy atom. The standard InChI is InChI=1S/C15H18N2O4/c1-9-10(2)21-14(17-9)8-16-12-6-5-11(15(18)20-4)7-13(12)19-3/h5-7,16H,8H2,1-4H3. The first-order chi connectivity index (χ1) is 10.0. The molecule has 1 aromatic carbocycles. The van der Waals surface area contributed by atoms with E-state index >= 15 is 0 Å². The SMILES string of the molecule is COC(=O)c1ccc(NCc2nc(C)c(C)o2)c(OC)c1. The molecule has 0 unspecified atom stereocenters. The van der Waals surface area contributed by atoms with E-state index in [9.17, 15) is 4.79 Å². The van der Waals surface area contributed by atoms with E-state index in [1.165, 1.54) is 7.11 Å². The Morgan fingerprint density at radius 2 is 2.10 bits per heavy atom. The van der Waals surface area contributed by atoms with Gasteiger partial charge in [0.25, 0.3) is 0 Å². The van der Waals surface area contributed by atoms with Crippen LogP contribution in [0.15, 0.2) is 22.6 Å². The van der Waals surface area contributed by atoms with Crippen molar-refractivity contribution >= 4 is 11.7 Å². The van der Waals surface area contributed by atoms with E-state index in [1.807, 2.05) is 13.8 Å². The summed E-state index contributed by atoms with van der Waals surface area (Å²) in [5.41, 5.74) is 2.06. The van der Waals surface area contributed by atoms with Crippen molar-refractivity contribution in [1.82, 2.24) is 4.98 Å². The van der Waals surface area contributed by atoms with Crippen LogP contribution in [0.3, 0.4) is 0 Å². The van der Waals surface area contributed by atoms with Gasteiger partial charge >= 0.3 is 5.97 Å². The topological polar surface area (TPSA) is 73.6 Å². The van der Waals surface area contributed by atoms with E-state index in [-0.39, 0.29) is 0 Å². The number of aryl methyl sites for hydroxylation is 2. The van der Waals surface area contributed by atoms with Gasteiger partial charge in [-0.05, 0) is 32.0 Å². The molecule has 0 saturated carbocycles. The van der Waals surface area contributed by atoms with E-state index in [4.69, 9.17) is 9.15 Å². The fraction of sp³-hybridized carbons (Fsp3) is 0.333. The Kier molecular flexibility index (Phi) is 4.47. The number of hydrogen-bond donors (Lipinski definition) is 1. The average Bonchev–Trinajstić information content (AvgIpc) is 2.82. The summed E-state index contributed by atoms with van der Waals surface area (Å²) in [5.74, 6) is 1.56. The quantitative estimate of drug-likeness (QED) is 0.853. The molecule has 0 bridgehead atoms. The predicted molar refractivity (Wildman–Crippen MR) is 77.6 cm³/mol. The van der Waals surface area contributed by atoms with Crippen LogP contribution in [0, 0.1) is 13.8 Å². The van der Waals surface area contributed by atoms with Gasteiger partial charge in [0, 0.05) is 0 Å². The van der Waals surface area contributed by atoms with E-state index in [2.05, 4.69) is 15.0 Å². The van der Waals surface area contributed by atoms with Crippen LogP contribution < -0.4 is 10.1 Å². The lowest BCUT2D eigenvalue weighted by Gasteiger charge is -2.11. The maximum Gasteiger partial charge on any atom is 0.337 e. The number of anilines is 1. The number of esters is 1. The van der Waals surface area contributed by atoms with Crippen LogP contribution >= 0.6 is 0 Å². The maximum absolute atomic E-state index is 11.5. The molecule has 1 N–H and O–H groups in total. The second kappa shape index (κ2) is 6.30. The molecule has 0 aliphatic rings. The van der Waals surface area contributed by atoms with Crippen molar-refractivity contribution in [2.75, 3.05) is 19.5 Å². The molecule has 0 spiro atoms. The molecule has 6 heteroatoms. The van der Waals surface area contributed by atoms with Crippen molar-refractivity contribution < 1.29 is 18.7 Å². The van der Waals surface area contributed by atoms with Crippen LogP contribution in [0.1, 0.15) is 27.7 Å². The van der Waals surface area contributed by atoms with Crippen LogP contribution in [0.5, 0.6) is 5.75 Å². The molecule has 2 aromatic rings. The molecule has 0 atom stereocenters. The van der Waals surface area contributed by atoms with Crippen molar-refractivity contribution in [3.8, 4) is 5.75 Å². The summed E-state index contributed by atoms with van der Waals surface area (Å²) in [6.45, 7) is 4.20. The van der Waals surface area contributed by atoms with Gasteiger partial charge in [0.1, 0.15) is 11.5 Å². The number of aromatic nitrogens is 1. The number of ether oxygens (including phenoxy) is 2. The highest BCUT2D eigenvalue weighted by Gasteiger charge is 2.11. The second-order valence-electron chi connectivity index (χ2n) is 4.51. The predicted octanol–water partition coefficient (Wildman–Crippen LogP) is 2.70. The number of nitrogens with one attached hydrogen (secondary N) is 1. The highest BCUT2D eigenvalue weighted by molar-refractivity contribution is 5.90. The highest BCUT2D eigenvalue weighted by atomic mass is 16.5. The number of carbonyl (C=O) groups excluding carboxylic acids is 1. The van der Waals surface area contributed by atoms with Crippen LogP contribution in [0.4, 0.5) is 5.69 Å². The van der Waals surface area contributed by atoms with Gasteiger partial charge in [-0.15, -0.1) is 0 Å². The second-order valence-corrected chi connectivity index (χ2v) is 4.51. The molecule has 1 heterocycles. The molecular formula is C15H18N2O4. The summed E-state index contributed by atoms with van der Waals surface area (Å²) in [6.07, 6.45) is 0. The first-order valence-corrected chi connectivity index (χ1v) is 6.48. The fourth-order valence-electron chi connectivity index (χ4n) is 1.87. The van der Waals surface area contributed by atoms with Gasteiger partial charge in [0.2, 0.25) is 5.89 Å². The van der Waals surface area contributed by atoms with E-state index in [1.54, 1.807) is 25.3 Å². The van der Waals surface area contributed by atoms with Crippen LogP contribution in [0.25, 0.3) is 0 Å². The van der Waals surface area contributed by atoms with Gasteiger partial charge < -0.3 is 19.2 Å². The zero-order valence-corrected chi connectivity index (χ0v) is 12.5.